The molecule has 0 bridgehead atoms. The Kier molecular flexibility index (Phi) is 11.2. The third-order valence-corrected chi connectivity index (χ3v) is 1.41. The van der Waals surface area contributed by atoms with E-state index in [-0.39, 0.29) is 6.61 Å². The molecule has 0 spiro atoms. The second kappa shape index (κ2) is 8.92. The maximum absolute atomic E-state index is 8.65. The van der Waals surface area contributed by atoms with Crippen molar-refractivity contribution in [3.63, 3.8) is 0 Å². The molecule has 0 fully saturated rings. The topological polar surface area (TPSA) is 23.5 Å². The van der Waals surface area contributed by atoms with Crippen LogP contribution in [0.15, 0.2) is 0 Å². The molecule has 0 amide bonds. The first kappa shape index (κ1) is 12.6. The van der Waals surface area contributed by atoms with Gasteiger partial charge < -0.3 is 10.0 Å². The van der Waals surface area contributed by atoms with E-state index in [1.165, 1.54) is 0 Å². The second-order valence-electron chi connectivity index (χ2n) is 2.21. The Bertz CT molecular complexity index is 51.2. The molecule has 64 valence electrons. The van der Waals surface area contributed by atoms with Gasteiger partial charge in [0, 0.05) is 6.04 Å². The van der Waals surface area contributed by atoms with Crippen LogP contribution in [0.25, 0.3) is 0 Å². The fourth-order valence-corrected chi connectivity index (χ4v) is 0.658. The molecular formula is C8H21NO. The quantitative estimate of drug-likeness (QED) is 0.651. The van der Waals surface area contributed by atoms with Crippen molar-refractivity contribution in [2.45, 2.75) is 33.2 Å². The highest BCUT2D eigenvalue weighted by molar-refractivity contribution is 4.59. The number of hydrogen-bond acceptors (Lipinski definition) is 2. The Morgan fingerprint density at radius 2 is 1.70 bits per heavy atom. The molecule has 0 aromatic heterocycles. The molecule has 0 aliphatic carbocycles. The monoisotopic (exact) mass is 147 g/mol. The number of likely N-dealkylation sites (N-methyl/N-ethyl adjacent to an activating group) is 1. The average molecular weight is 147 g/mol. The zero-order valence-electron chi connectivity index (χ0n) is 7.89. The first-order valence-corrected chi connectivity index (χ1v) is 3.99. The van der Waals surface area contributed by atoms with Crippen LogP contribution in [0.3, 0.4) is 0 Å². The zero-order valence-corrected chi connectivity index (χ0v) is 7.89. The van der Waals surface area contributed by atoms with Gasteiger partial charge >= 0.3 is 0 Å². The maximum Gasteiger partial charge on any atom is 0.0586 e. The molecule has 0 aromatic carbocycles. The fourth-order valence-electron chi connectivity index (χ4n) is 0.658. The molecule has 10 heavy (non-hydrogen) atoms. The van der Waals surface area contributed by atoms with Crippen LogP contribution < -0.4 is 0 Å². The lowest BCUT2D eigenvalue weighted by atomic mass is 10.2. The first-order valence-electron chi connectivity index (χ1n) is 3.99. The molecule has 1 atom stereocenters. The lowest BCUT2D eigenvalue weighted by molar-refractivity contribution is 0.166. The van der Waals surface area contributed by atoms with Gasteiger partial charge in [-0.1, -0.05) is 20.8 Å². The van der Waals surface area contributed by atoms with E-state index in [0.29, 0.717) is 6.04 Å². The summed E-state index contributed by atoms with van der Waals surface area (Å²) in [5.41, 5.74) is 0. The van der Waals surface area contributed by atoms with Gasteiger partial charge in [0.15, 0.2) is 0 Å². The van der Waals surface area contributed by atoms with Crippen LogP contribution in [0.2, 0.25) is 0 Å². The number of hydrogen-bond donors (Lipinski definition) is 1. The Morgan fingerprint density at radius 3 is 1.70 bits per heavy atom. The Morgan fingerprint density at radius 1 is 1.30 bits per heavy atom. The summed E-state index contributed by atoms with van der Waals surface area (Å²) in [5, 5.41) is 8.65. The van der Waals surface area contributed by atoms with Crippen LogP contribution >= 0.6 is 0 Å². The Labute approximate surface area is 64.9 Å². The van der Waals surface area contributed by atoms with Gasteiger partial charge in [-0.05, 0) is 20.5 Å². The fraction of sp³-hybridized carbons (Fsp3) is 1.00. The SMILES string of the molecule is CC.CC[C@@H](CO)N(C)C. The molecule has 2 heteroatoms. The van der Waals surface area contributed by atoms with Crippen molar-refractivity contribution < 1.29 is 5.11 Å². The number of nitrogens with zero attached hydrogens (tertiary/aromatic N) is 1. The molecule has 0 heterocycles. The number of aliphatic hydroxyl groups is 1. The van der Waals surface area contributed by atoms with E-state index in [4.69, 9.17) is 5.11 Å². The normalized spacial score (nSPS) is 12.3. The predicted octanol–water partition coefficient (Wildman–Crippen LogP) is 1.35. The summed E-state index contributed by atoms with van der Waals surface area (Å²) in [7, 11) is 3.95. The second-order valence-corrected chi connectivity index (χ2v) is 2.21. The lowest BCUT2D eigenvalue weighted by Crippen LogP contribution is -2.30. The van der Waals surface area contributed by atoms with E-state index >= 15 is 0 Å². The maximum atomic E-state index is 8.65. The summed E-state index contributed by atoms with van der Waals surface area (Å²) < 4.78 is 0. The molecule has 0 aliphatic heterocycles. The van der Waals surface area contributed by atoms with E-state index in [9.17, 15) is 0 Å². The van der Waals surface area contributed by atoms with Crippen molar-refractivity contribution in [1.82, 2.24) is 4.90 Å². The smallest absolute Gasteiger partial charge is 0.0586 e. The summed E-state index contributed by atoms with van der Waals surface area (Å²) in [5.74, 6) is 0. The summed E-state index contributed by atoms with van der Waals surface area (Å²) in [6.45, 7) is 6.34. The summed E-state index contributed by atoms with van der Waals surface area (Å²) >= 11 is 0. The van der Waals surface area contributed by atoms with Crippen molar-refractivity contribution in [1.29, 1.82) is 0 Å². The minimum absolute atomic E-state index is 0.267. The van der Waals surface area contributed by atoms with E-state index in [0.717, 1.165) is 6.42 Å². The zero-order chi connectivity index (χ0) is 8.57. The molecular weight excluding hydrogens is 126 g/mol. The van der Waals surface area contributed by atoms with E-state index < -0.39 is 0 Å². The van der Waals surface area contributed by atoms with E-state index in [1.807, 2.05) is 32.8 Å². The van der Waals surface area contributed by atoms with Crippen molar-refractivity contribution >= 4 is 0 Å². The molecule has 2 nitrogen and oxygen atoms in total. The summed E-state index contributed by atoms with van der Waals surface area (Å²) in [6.07, 6.45) is 1.02. The van der Waals surface area contributed by atoms with Gasteiger partial charge in [-0.15, -0.1) is 0 Å². The van der Waals surface area contributed by atoms with Gasteiger partial charge in [-0.2, -0.15) is 0 Å². The summed E-state index contributed by atoms with van der Waals surface area (Å²) in [6, 6.07) is 0.343. The van der Waals surface area contributed by atoms with Crippen LogP contribution in [0.1, 0.15) is 27.2 Å². The molecule has 0 aliphatic rings. The predicted molar refractivity (Wildman–Crippen MR) is 46.2 cm³/mol. The third kappa shape index (κ3) is 6.05. The molecule has 0 unspecified atom stereocenters. The minimum atomic E-state index is 0.267. The van der Waals surface area contributed by atoms with Gasteiger partial charge in [-0.3, -0.25) is 0 Å². The van der Waals surface area contributed by atoms with Crippen LogP contribution in [0.4, 0.5) is 0 Å². The van der Waals surface area contributed by atoms with Crippen molar-refractivity contribution in [3.05, 3.63) is 0 Å². The van der Waals surface area contributed by atoms with Crippen LogP contribution in [-0.2, 0) is 0 Å². The van der Waals surface area contributed by atoms with E-state index in [2.05, 4.69) is 6.92 Å². The molecule has 0 rings (SSSR count). The first-order chi connectivity index (χ1) is 4.72. The lowest BCUT2D eigenvalue weighted by Gasteiger charge is -2.19. The van der Waals surface area contributed by atoms with Gasteiger partial charge in [0.1, 0.15) is 0 Å². The highest BCUT2D eigenvalue weighted by atomic mass is 16.3. The summed E-state index contributed by atoms with van der Waals surface area (Å²) in [4.78, 5) is 2.03. The van der Waals surface area contributed by atoms with Gasteiger partial charge in [0.05, 0.1) is 6.61 Å². The number of aliphatic hydroxyl groups excluding tert-OH is 1. The third-order valence-electron chi connectivity index (χ3n) is 1.41. The molecule has 0 saturated heterocycles. The van der Waals surface area contributed by atoms with Crippen LogP contribution in [-0.4, -0.2) is 36.8 Å². The highest BCUT2D eigenvalue weighted by Crippen LogP contribution is 1.95. The van der Waals surface area contributed by atoms with Crippen LogP contribution in [0.5, 0.6) is 0 Å². The average Bonchev–Trinajstić information content (AvgIpc) is 1.94. The van der Waals surface area contributed by atoms with Crippen molar-refractivity contribution in [2.24, 2.45) is 0 Å². The minimum Gasteiger partial charge on any atom is -0.395 e. The van der Waals surface area contributed by atoms with Crippen LogP contribution in [0, 0.1) is 0 Å². The Balaban J connectivity index is 0. The molecule has 0 radical (unpaired) electrons. The van der Waals surface area contributed by atoms with Crippen molar-refractivity contribution in [2.75, 3.05) is 20.7 Å². The largest absolute Gasteiger partial charge is 0.395 e. The number of rotatable bonds is 3. The van der Waals surface area contributed by atoms with Gasteiger partial charge in [-0.25, -0.2) is 0 Å². The highest BCUT2D eigenvalue weighted by Gasteiger charge is 2.04. The molecule has 1 N–H and O–H groups in total. The Hall–Kier alpha value is -0.0800. The van der Waals surface area contributed by atoms with Crippen molar-refractivity contribution in [3.8, 4) is 0 Å². The standard InChI is InChI=1S/C6H15NO.C2H6/c1-4-6(5-8)7(2)3;1-2/h6,8H,4-5H2,1-3H3;1-2H3/t6-;/m0./s1. The molecule has 0 aromatic rings. The molecule has 0 saturated carbocycles. The van der Waals surface area contributed by atoms with E-state index in [1.54, 1.807) is 0 Å². The van der Waals surface area contributed by atoms with Gasteiger partial charge in [0.25, 0.3) is 0 Å². The van der Waals surface area contributed by atoms with Gasteiger partial charge in [0.2, 0.25) is 0 Å².